The molecule has 0 saturated carbocycles. The monoisotopic (exact) mass is 492 g/mol. The fraction of sp³-hybridized carbons (Fsp3) is 0.280. The maximum absolute atomic E-state index is 13.3. The van der Waals surface area contributed by atoms with Gasteiger partial charge >= 0.3 is 0 Å². The van der Waals surface area contributed by atoms with Crippen molar-refractivity contribution >= 4 is 29.3 Å². The summed E-state index contributed by atoms with van der Waals surface area (Å²) in [5.41, 5.74) is 1.56. The number of anilines is 2. The van der Waals surface area contributed by atoms with E-state index in [0.29, 0.717) is 42.0 Å². The van der Waals surface area contributed by atoms with Gasteiger partial charge in [-0.1, -0.05) is 29.8 Å². The molecule has 1 aromatic carbocycles. The number of nitrogens with one attached hydrogen (secondary N) is 3. The molecule has 2 aromatic heterocycles. The Hall–Kier alpha value is -3.71. The number of benzene rings is 1. The van der Waals surface area contributed by atoms with Gasteiger partial charge < -0.3 is 25.9 Å². The highest BCUT2D eigenvalue weighted by Gasteiger charge is 2.26. The Morgan fingerprint density at radius 3 is 2.91 bits per heavy atom. The maximum atomic E-state index is 13.3. The van der Waals surface area contributed by atoms with Crippen LogP contribution < -0.4 is 16.2 Å². The van der Waals surface area contributed by atoms with E-state index in [4.69, 9.17) is 21.7 Å². The molecule has 1 fully saturated rings. The summed E-state index contributed by atoms with van der Waals surface area (Å²) in [6.07, 6.45) is 4.75. The third kappa shape index (κ3) is 5.35. The van der Waals surface area contributed by atoms with Crippen LogP contribution in [0.4, 0.5) is 11.5 Å². The molecule has 0 radical (unpaired) electrons. The van der Waals surface area contributed by atoms with Crippen LogP contribution >= 0.6 is 11.6 Å². The summed E-state index contributed by atoms with van der Waals surface area (Å²) in [6.45, 7) is 1.47. The first-order chi connectivity index (χ1) is 17.0. The molecule has 3 aromatic rings. The summed E-state index contributed by atoms with van der Waals surface area (Å²) in [4.78, 5) is 17.6. The number of halogens is 1. The van der Waals surface area contributed by atoms with Crippen molar-refractivity contribution in [2.75, 3.05) is 30.5 Å². The van der Waals surface area contributed by atoms with Crippen LogP contribution in [0, 0.1) is 22.7 Å². The Morgan fingerprint density at radius 2 is 2.23 bits per heavy atom. The summed E-state index contributed by atoms with van der Waals surface area (Å²) in [6, 6.07) is 12.5. The molecule has 0 amide bonds. The van der Waals surface area contributed by atoms with Gasteiger partial charge in [0.15, 0.2) is 0 Å². The molecule has 3 heterocycles. The SMILES string of the molecule is N#Cc1cnc(NC(CO)C2CCOC2)cc1-n1ccc(NCc2ccccc2Cl)c(C=N)c1=O. The van der Waals surface area contributed by atoms with E-state index in [9.17, 15) is 15.2 Å². The van der Waals surface area contributed by atoms with Crippen LogP contribution in [0.5, 0.6) is 0 Å². The van der Waals surface area contributed by atoms with Gasteiger partial charge in [0.2, 0.25) is 0 Å². The van der Waals surface area contributed by atoms with Crippen LogP contribution in [0.1, 0.15) is 23.1 Å². The Balaban J connectivity index is 1.65. The smallest absolute Gasteiger partial charge is 0.266 e. The normalized spacial score (nSPS) is 15.9. The first-order valence-corrected chi connectivity index (χ1v) is 11.5. The summed E-state index contributed by atoms with van der Waals surface area (Å²) in [5.74, 6) is 0.561. The van der Waals surface area contributed by atoms with Crippen molar-refractivity contribution in [2.24, 2.45) is 5.92 Å². The number of nitrogens with zero attached hydrogens (tertiary/aromatic N) is 3. The number of rotatable bonds is 9. The number of aromatic nitrogens is 2. The zero-order valence-corrected chi connectivity index (χ0v) is 19.6. The number of aliphatic hydroxyl groups excluding tert-OH is 1. The fourth-order valence-corrected chi connectivity index (χ4v) is 4.25. The molecule has 1 aliphatic heterocycles. The third-order valence-corrected chi connectivity index (χ3v) is 6.40. The van der Waals surface area contributed by atoms with Crippen molar-refractivity contribution < 1.29 is 9.84 Å². The molecular weight excluding hydrogens is 468 g/mol. The van der Waals surface area contributed by atoms with Gasteiger partial charge in [0.25, 0.3) is 5.56 Å². The van der Waals surface area contributed by atoms with Crippen LogP contribution in [-0.2, 0) is 11.3 Å². The minimum absolute atomic E-state index is 0.102. The molecule has 35 heavy (non-hydrogen) atoms. The second-order valence-corrected chi connectivity index (χ2v) is 8.57. The molecule has 0 aliphatic carbocycles. The summed E-state index contributed by atoms with van der Waals surface area (Å²) < 4.78 is 6.74. The highest BCUT2D eigenvalue weighted by molar-refractivity contribution is 6.31. The minimum atomic E-state index is -0.458. The van der Waals surface area contributed by atoms with Crippen molar-refractivity contribution in [1.29, 1.82) is 10.7 Å². The highest BCUT2D eigenvalue weighted by atomic mass is 35.5. The lowest BCUT2D eigenvalue weighted by Gasteiger charge is -2.22. The lowest BCUT2D eigenvalue weighted by atomic mass is 10.00. The van der Waals surface area contributed by atoms with E-state index < -0.39 is 5.56 Å². The molecule has 9 nitrogen and oxygen atoms in total. The molecule has 0 spiro atoms. The summed E-state index contributed by atoms with van der Waals surface area (Å²) in [7, 11) is 0. The van der Waals surface area contributed by atoms with Gasteiger partial charge in [-0.05, 0) is 24.1 Å². The number of ether oxygens (including phenoxy) is 1. The van der Waals surface area contributed by atoms with Gasteiger partial charge in [0, 0.05) is 48.8 Å². The Bertz CT molecular complexity index is 1310. The van der Waals surface area contributed by atoms with Crippen molar-refractivity contribution in [2.45, 2.75) is 19.0 Å². The molecule has 180 valence electrons. The quantitative estimate of drug-likeness (QED) is 0.337. The van der Waals surface area contributed by atoms with Crippen molar-refractivity contribution in [3.05, 3.63) is 80.9 Å². The number of aliphatic hydroxyl groups is 1. The highest BCUT2D eigenvalue weighted by Crippen LogP contribution is 2.23. The Kier molecular flexibility index (Phi) is 7.77. The first kappa shape index (κ1) is 24.4. The van der Waals surface area contributed by atoms with Gasteiger partial charge in [0.1, 0.15) is 11.9 Å². The van der Waals surface area contributed by atoms with E-state index in [0.717, 1.165) is 18.2 Å². The molecule has 4 N–H and O–H groups in total. The van der Waals surface area contributed by atoms with Crippen LogP contribution in [-0.4, -0.2) is 46.7 Å². The number of pyridine rings is 2. The number of nitriles is 1. The van der Waals surface area contributed by atoms with Crippen molar-refractivity contribution in [1.82, 2.24) is 9.55 Å². The van der Waals surface area contributed by atoms with Crippen molar-refractivity contribution in [3.8, 4) is 11.8 Å². The molecular formula is C25H25ClN6O3. The summed E-state index contributed by atoms with van der Waals surface area (Å²) >= 11 is 6.22. The van der Waals surface area contributed by atoms with E-state index in [-0.39, 0.29) is 29.7 Å². The van der Waals surface area contributed by atoms with E-state index in [2.05, 4.69) is 21.7 Å². The molecule has 4 rings (SSSR count). The standard InChI is InChI=1S/C25H25ClN6O3/c26-20-4-2-1-3-16(20)12-29-21-5-7-32(25(34)19(21)11-28)23-9-24(30-13-18(23)10-27)31-22(14-33)17-6-8-35-15-17/h1-5,7,9,11,13,17,22,28-29,33H,6,8,12,14-15H2,(H,30,31). The predicted octanol–water partition coefficient (Wildman–Crippen LogP) is 3.18. The molecule has 1 aliphatic rings. The fourth-order valence-electron chi connectivity index (χ4n) is 4.05. The largest absolute Gasteiger partial charge is 0.394 e. The summed E-state index contributed by atoms with van der Waals surface area (Å²) in [5, 5.41) is 34.3. The first-order valence-electron chi connectivity index (χ1n) is 11.1. The second kappa shape index (κ2) is 11.1. The van der Waals surface area contributed by atoms with Crippen molar-refractivity contribution in [3.63, 3.8) is 0 Å². The Morgan fingerprint density at radius 1 is 1.40 bits per heavy atom. The number of hydrogen-bond acceptors (Lipinski definition) is 8. The second-order valence-electron chi connectivity index (χ2n) is 8.16. The van der Waals surface area contributed by atoms with E-state index in [1.165, 1.54) is 10.8 Å². The van der Waals surface area contributed by atoms with Gasteiger partial charge in [-0.2, -0.15) is 5.26 Å². The molecule has 1 saturated heterocycles. The van der Waals surface area contributed by atoms with E-state index in [1.54, 1.807) is 24.4 Å². The zero-order chi connectivity index (χ0) is 24.8. The zero-order valence-electron chi connectivity index (χ0n) is 18.9. The lowest BCUT2D eigenvalue weighted by molar-refractivity contribution is 0.169. The van der Waals surface area contributed by atoms with Gasteiger partial charge in [-0.15, -0.1) is 0 Å². The molecule has 0 bridgehead atoms. The molecule has 2 atom stereocenters. The average Bonchev–Trinajstić information content (AvgIpc) is 3.41. The van der Waals surface area contributed by atoms with E-state index in [1.807, 2.05) is 18.2 Å². The lowest BCUT2D eigenvalue weighted by Crippen LogP contribution is -2.33. The molecule has 2 unspecified atom stereocenters. The maximum Gasteiger partial charge on any atom is 0.266 e. The number of hydrogen-bond donors (Lipinski definition) is 4. The van der Waals surface area contributed by atoms with Crippen LogP contribution in [0.15, 0.2) is 53.6 Å². The van der Waals surface area contributed by atoms with Gasteiger partial charge in [-0.25, -0.2) is 4.98 Å². The third-order valence-electron chi connectivity index (χ3n) is 6.03. The van der Waals surface area contributed by atoms with E-state index >= 15 is 0 Å². The Labute approximate surface area is 207 Å². The van der Waals surface area contributed by atoms with Gasteiger partial charge in [0.05, 0.1) is 41.8 Å². The molecule has 10 heteroatoms. The topological polar surface area (TPSA) is 136 Å². The predicted molar refractivity (Wildman–Crippen MR) is 135 cm³/mol. The average molecular weight is 493 g/mol. The van der Waals surface area contributed by atoms with Crippen LogP contribution in [0.25, 0.3) is 5.69 Å². The van der Waals surface area contributed by atoms with Gasteiger partial charge in [-0.3, -0.25) is 9.36 Å². The van der Waals surface area contributed by atoms with Crippen LogP contribution in [0.2, 0.25) is 5.02 Å². The van der Waals surface area contributed by atoms with Crippen LogP contribution in [0.3, 0.4) is 0 Å². The minimum Gasteiger partial charge on any atom is -0.394 e.